The van der Waals surface area contributed by atoms with Crippen molar-refractivity contribution in [2.45, 2.75) is 58.0 Å². The number of likely N-dealkylation sites (tertiary alicyclic amines) is 2. The third kappa shape index (κ3) is 9.41. The number of hydrogen-bond acceptors (Lipinski definition) is 8. The van der Waals surface area contributed by atoms with E-state index in [1.807, 2.05) is 48.5 Å². The number of halogens is 3. The number of ether oxygens (including phenoxy) is 3. The Morgan fingerprint density at radius 1 is 0.800 bits per heavy atom. The highest BCUT2D eigenvalue weighted by Gasteiger charge is 2.21. The van der Waals surface area contributed by atoms with Crippen LogP contribution < -0.4 is 14.2 Å². The van der Waals surface area contributed by atoms with E-state index in [4.69, 9.17) is 49.0 Å². The molecule has 1 N–H and O–H groups in total. The van der Waals surface area contributed by atoms with Gasteiger partial charge in [-0.1, -0.05) is 71.6 Å². The van der Waals surface area contributed by atoms with Crippen LogP contribution in [0.3, 0.4) is 0 Å². The number of nitrogens with zero attached hydrogens (tertiary/aromatic N) is 4. The summed E-state index contributed by atoms with van der Waals surface area (Å²) in [6, 6.07) is 19.1. The number of nitriles is 1. The van der Waals surface area contributed by atoms with E-state index in [0.29, 0.717) is 51.0 Å². The molecule has 0 radical (unpaired) electrons. The lowest BCUT2D eigenvalue weighted by Gasteiger charge is -2.27. The minimum atomic E-state index is -0.227. The van der Waals surface area contributed by atoms with Crippen LogP contribution in [0.2, 0.25) is 15.1 Å². The van der Waals surface area contributed by atoms with Gasteiger partial charge in [-0.25, -0.2) is 0 Å². The molecule has 0 spiro atoms. The van der Waals surface area contributed by atoms with Crippen molar-refractivity contribution in [1.82, 2.24) is 14.8 Å². The average Bonchev–Trinajstić information content (AvgIpc) is 3.55. The van der Waals surface area contributed by atoms with Gasteiger partial charge in [0.2, 0.25) is 0 Å². The molecule has 8 nitrogen and oxygen atoms in total. The van der Waals surface area contributed by atoms with Crippen molar-refractivity contribution < 1.29 is 19.3 Å². The summed E-state index contributed by atoms with van der Waals surface area (Å²) in [5, 5.41) is 20.6. The Bertz CT molecular complexity index is 1810. The molecule has 3 aromatic carbocycles. The summed E-state index contributed by atoms with van der Waals surface area (Å²) in [6.07, 6.45) is 8.25. The minimum Gasteiger partial charge on any atom is -0.492 e. The first-order valence-corrected chi connectivity index (χ1v) is 18.2. The van der Waals surface area contributed by atoms with Crippen molar-refractivity contribution in [2.24, 2.45) is 0 Å². The van der Waals surface area contributed by atoms with E-state index in [2.05, 4.69) is 20.9 Å². The first-order valence-electron chi connectivity index (χ1n) is 17.1. The number of hydrogen-bond donors (Lipinski definition) is 1. The SMILES string of the molecule is N#Cc1cncc(COc2cc(OCc3cccc(-c4cccc(OCCCN5CCC(O)C5)c4Cl)c3Cl)c(Cl)cc2CN2CCCCC2)c1. The molecule has 1 aromatic heterocycles. The van der Waals surface area contributed by atoms with Gasteiger partial charge >= 0.3 is 0 Å². The van der Waals surface area contributed by atoms with E-state index in [9.17, 15) is 10.4 Å². The molecule has 0 bridgehead atoms. The molecule has 0 saturated carbocycles. The van der Waals surface area contributed by atoms with Crippen molar-refractivity contribution in [2.75, 3.05) is 39.3 Å². The summed E-state index contributed by atoms with van der Waals surface area (Å²) in [5.41, 5.74) is 4.56. The van der Waals surface area contributed by atoms with Crippen LogP contribution in [0.5, 0.6) is 17.2 Å². The monoisotopic (exact) mass is 734 g/mol. The predicted octanol–water partition coefficient (Wildman–Crippen LogP) is 8.56. The molecule has 0 amide bonds. The molecule has 3 heterocycles. The molecule has 1 unspecified atom stereocenters. The summed E-state index contributed by atoms with van der Waals surface area (Å²) in [4.78, 5) is 8.83. The molecule has 0 aliphatic carbocycles. The standard InChI is InChI=1S/C39H41Cl3N4O4/c40-34-18-30(23-45-12-2-1-3-13-45)36(49-25-28-17-27(20-43)21-44-22-28)19-37(34)50-26-29-7-4-8-32(38(29)41)33-9-5-10-35(39(33)42)48-16-6-14-46-15-11-31(47)24-46/h4-5,7-10,17-19,21-22,31,47H,1-3,6,11-16,23-26H2. The number of aliphatic hydroxyl groups is 1. The van der Waals surface area contributed by atoms with Gasteiger partial charge < -0.3 is 24.2 Å². The zero-order valence-electron chi connectivity index (χ0n) is 27.9. The Hall–Kier alpha value is -3.55. The van der Waals surface area contributed by atoms with Gasteiger partial charge in [0.25, 0.3) is 0 Å². The highest BCUT2D eigenvalue weighted by Crippen LogP contribution is 2.41. The van der Waals surface area contributed by atoms with Gasteiger partial charge in [-0.05, 0) is 57.0 Å². The van der Waals surface area contributed by atoms with Gasteiger partial charge in [-0.15, -0.1) is 0 Å². The van der Waals surface area contributed by atoms with Gasteiger partial charge in [-0.3, -0.25) is 9.88 Å². The molecule has 11 heteroatoms. The molecule has 2 fully saturated rings. The largest absolute Gasteiger partial charge is 0.492 e. The molecule has 262 valence electrons. The molecule has 2 aliphatic heterocycles. The normalized spacial score (nSPS) is 16.7. The summed E-state index contributed by atoms with van der Waals surface area (Å²) in [6.45, 7) is 6.21. The smallest absolute Gasteiger partial charge is 0.142 e. The fourth-order valence-electron chi connectivity index (χ4n) is 6.46. The Kier molecular flexibility index (Phi) is 12.8. The van der Waals surface area contributed by atoms with Crippen LogP contribution in [0.1, 0.15) is 54.4 Å². The number of pyridine rings is 1. The van der Waals surface area contributed by atoms with E-state index >= 15 is 0 Å². The zero-order chi connectivity index (χ0) is 34.9. The molecular formula is C39H41Cl3N4O4. The molecule has 6 rings (SSSR count). The van der Waals surface area contributed by atoms with Crippen molar-refractivity contribution in [3.63, 3.8) is 0 Å². The first kappa shape index (κ1) is 36.2. The fraction of sp³-hybridized carbons (Fsp3) is 0.385. The Morgan fingerprint density at radius 3 is 2.36 bits per heavy atom. The van der Waals surface area contributed by atoms with Crippen molar-refractivity contribution in [1.29, 1.82) is 5.26 Å². The quantitative estimate of drug-likeness (QED) is 0.129. The maximum atomic E-state index is 9.77. The van der Waals surface area contributed by atoms with Gasteiger partial charge in [0.05, 0.1) is 33.3 Å². The van der Waals surface area contributed by atoms with Crippen molar-refractivity contribution in [3.05, 3.63) is 104 Å². The maximum absolute atomic E-state index is 9.77. The highest BCUT2D eigenvalue weighted by molar-refractivity contribution is 6.37. The van der Waals surface area contributed by atoms with E-state index in [1.165, 1.54) is 25.5 Å². The summed E-state index contributed by atoms with van der Waals surface area (Å²) < 4.78 is 18.7. The van der Waals surface area contributed by atoms with Crippen molar-refractivity contribution >= 4 is 34.8 Å². The number of β-amino-alcohol motifs (C(OH)–C–C–N with tert-alkyl or cyclic N) is 1. The average molecular weight is 736 g/mol. The lowest BCUT2D eigenvalue weighted by molar-refractivity contribution is 0.173. The molecule has 4 aromatic rings. The molecule has 1 atom stereocenters. The van der Waals surface area contributed by atoms with Gasteiger partial charge in [-0.2, -0.15) is 5.26 Å². The lowest BCUT2D eigenvalue weighted by atomic mass is 10.0. The number of aliphatic hydroxyl groups excluding tert-OH is 1. The molecule has 2 aliphatic rings. The van der Waals surface area contributed by atoms with Gasteiger partial charge in [0.15, 0.2) is 0 Å². The zero-order valence-corrected chi connectivity index (χ0v) is 30.2. The van der Waals surface area contributed by atoms with Crippen LogP contribution in [-0.2, 0) is 19.8 Å². The van der Waals surface area contributed by atoms with Gasteiger partial charge in [0, 0.05) is 72.5 Å². The maximum Gasteiger partial charge on any atom is 0.142 e. The number of aromatic nitrogens is 1. The second-order valence-corrected chi connectivity index (χ2v) is 14.0. The highest BCUT2D eigenvalue weighted by atomic mass is 35.5. The lowest BCUT2D eigenvalue weighted by Crippen LogP contribution is -2.29. The second kappa shape index (κ2) is 17.6. The van der Waals surface area contributed by atoms with Crippen LogP contribution in [0, 0.1) is 11.3 Å². The molecular weight excluding hydrogens is 695 g/mol. The summed E-state index contributed by atoms with van der Waals surface area (Å²) in [7, 11) is 0. The molecule has 2 saturated heterocycles. The number of piperidine rings is 1. The number of rotatable bonds is 14. The van der Waals surface area contributed by atoms with Crippen LogP contribution >= 0.6 is 34.8 Å². The van der Waals surface area contributed by atoms with Crippen LogP contribution in [0.15, 0.2) is 67.0 Å². The minimum absolute atomic E-state index is 0.171. The third-order valence-electron chi connectivity index (χ3n) is 9.12. The predicted molar refractivity (Wildman–Crippen MR) is 197 cm³/mol. The third-order valence-corrected chi connectivity index (χ3v) is 10.2. The second-order valence-electron chi connectivity index (χ2n) is 12.8. The molecule has 50 heavy (non-hydrogen) atoms. The Labute approximate surface area is 309 Å². The van der Waals surface area contributed by atoms with Crippen LogP contribution in [-0.4, -0.2) is 65.3 Å². The van der Waals surface area contributed by atoms with E-state index in [0.717, 1.165) is 73.4 Å². The van der Waals surface area contributed by atoms with E-state index < -0.39 is 0 Å². The number of benzene rings is 3. The summed E-state index contributed by atoms with van der Waals surface area (Å²) >= 11 is 20.7. The topological polar surface area (TPSA) is 91.1 Å². The van der Waals surface area contributed by atoms with Crippen LogP contribution in [0.25, 0.3) is 11.1 Å². The van der Waals surface area contributed by atoms with Gasteiger partial charge in [0.1, 0.15) is 36.5 Å². The van der Waals surface area contributed by atoms with Crippen LogP contribution in [0.4, 0.5) is 0 Å². The Morgan fingerprint density at radius 2 is 1.58 bits per heavy atom. The van der Waals surface area contributed by atoms with E-state index in [-0.39, 0.29) is 19.3 Å². The fourth-order valence-corrected chi connectivity index (χ4v) is 7.27. The summed E-state index contributed by atoms with van der Waals surface area (Å²) in [5.74, 6) is 1.74. The first-order chi connectivity index (χ1) is 24.4. The Balaban J connectivity index is 1.16. The van der Waals surface area contributed by atoms with Crippen molar-refractivity contribution in [3.8, 4) is 34.4 Å². The van der Waals surface area contributed by atoms with E-state index in [1.54, 1.807) is 12.3 Å².